The Balaban J connectivity index is 1.37. The maximum Gasteiger partial charge on any atom is 0.322 e. The van der Waals surface area contributed by atoms with Crippen LogP contribution in [0.2, 0.25) is 0 Å². The Morgan fingerprint density at radius 1 is 1.10 bits per heavy atom. The largest absolute Gasteiger partial charge is 0.322 e. The number of hydrogen-bond donors (Lipinski definition) is 0. The molecule has 212 valence electrons. The molecule has 4 unspecified atom stereocenters. The van der Waals surface area contributed by atoms with Gasteiger partial charge in [0, 0.05) is 67.4 Å². The van der Waals surface area contributed by atoms with Gasteiger partial charge in [-0.1, -0.05) is 29.8 Å². The normalized spacial score (nSPS) is 28.1. The molecule has 2 heterocycles. The van der Waals surface area contributed by atoms with E-state index in [-0.39, 0.29) is 35.0 Å². The first-order valence-electron chi connectivity index (χ1n) is 14.9. The average Bonchev–Trinajstić information content (AvgIpc) is 3.34. The van der Waals surface area contributed by atoms with Crippen LogP contribution in [0.3, 0.4) is 0 Å². The minimum atomic E-state index is -0.216. The molecule has 2 fully saturated rings. The maximum absolute atomic E-state index is 14.8. The fourth-order valence-electron chi connectivity index (χ4n) is 8.30. The highest BCUT2D eigenvalue weighted by atomic mass is 16.2. The van der Waals surface area contributed by atoms with Gasteiger partial charge in [-0.15, -0.1) is 0 Å². The number of aryl methyl sites for hydroxylation is 1. The van der Waals surface area contributed by atoms with Crippen molar-refractivity contribution in [3.8, 4) is 0 Å². The molecule has 6 heteroatoms. The average molecular weight is 550 g/mol. The van der Waals surface area contributed by atoms with Crippen molar-refractivity contribution in [1.29, 1.82) is 0 Å². The van der Waals surface area contributed by atoms with Crippen molar-refractivity contribution in [3.05, 3.63) is 88.8 Å². The third-order valence-electron chi connectivity index (χ3n) is 10.3. The molecule has 41 heavy (non-hydrogen) atoms. The lowest BCUT2D eigenvalue weighted by atomic mass is 9.72. The number of piperidine rings is 1. The van der Waals surface area contributed by atoms with Crippen LogP contribution in [-0.2, 0) is 17.8 Å². The van der Waals surface area contributed by atoms with Gasteiger partial charge in [0.15, 0.2) is 5.78 Å². The third-order valence-corrected chi connectivity index (χ3v) is 10.3. The van der Waals surface area contributed by atoms with Crippen molar-refractivity contribution in [2.75, 3.05) is 14.1 Å². The highest BCUT2D eigenvalue weighted by Crippen LogP contribution is 2.72. The van der Waals surface area contributed by atoms with Gasteiger partial charge in [-0.2, -0.15) is 5.10 Å². The SMILES string of the molecule is CCn1nccc1C(=O)CC[C@@H]1C(=O)[N+](C)(c2ccc(C(C(C)=NC)=C(C)C)cc2)C2CC23Cc2ccccc2C13. The molecule has 2 aliphatic carbocycles. The van der Waals surface area contributed by atoms with Crippen molar-refractivity contribution >= 4 is 28.7 Å². The zero-order valence-electron chi connectivity index (χ0n) is 25.1. The lowest BCUT2D eigenvalue weighted by Crippen LogP contribution is -2.61. The van der Waals surface area contributed by atoms with Gasteiger partial charge in [-0.05, 0) is 75.4 Å². The van der Waals surface area contributed by atoms with Crippen molar-refractivity contribution in [3.63, 3.8) is 0 Å². The van der Waals surface area contributed by atoms with Gasteiger partial charge in [0.1, 0.15) is 17.4 Å². The molecule has 1 amide bonds. The lowest BCUT2D eigenvalue weighted by Gasteiger charge is -2.44. The molecule has 6 nitrogen and oxygen atoms in total. The number of rotatable bonds is 8. The summed E-state index contributed by atoms with van der Waals surface area (Å²) in [6.45, 7) is 8.92. The zero-order valence-corrected chi connectivity index (χ0v) is 25.1. The molecule has 5 atom stereocenters. The molecule has 1 aromatic heterocycles. The summed E-state index contributed by atoms with van der Waals surface area (Å²) in [6, 6.07) is 19.3. The van der Waals surface area contributed by atoms with Crippen molar-refractivity contribution in [2.24, 2.45) is 16.3 Å². The van der Waals surface area contributed by atoms with E-state index in [4.69, 9.17) is 0 Å². The number of aliphatic imine (C=N–C) groups is 1. The number of allylic oxidation sites excluding steroid dienone is 2. The number of aromatic nitrogens is 2. The lowest BCUT2D eigenvalue weighted by molar-refractivity contribution is -0.139. The van der Waals surface area contributed by atoms with Crippen LogP contribution in [0.25, 0.3) is 5.57 Å². The van der Waals surface area contributed by atoms with E-state index in [1.165, 1.54) is 16.7 Å². The molecule has 2 aromatic carbocycles. The molecule has 3 aromatic rings. The van der Waals surface area contributed by atoms with Crippen LogP contribution in [0.15, 0.2) is 71.4 Å². The number of fused-ring (bicyclic) bond motifs is 2. The highest BCUT2D eigenvalue weighted by Gasteiger charge is 2.78. The van der Waals surface area contributed by atoms with Crippen molar-refractivity contribution in [1.82, 2.24) is 14.3 Å². The number of ketones is 1. The minimum Gasteiger partial charge on any atom is -0.293 e. The van der Waals surface area contributed by atoms with Gasteiger partial charge >= 0.3 is 5.91 Å². The van der Waals surface area contributed by atoms with Crippen LogP contribution in [-0.4, -0.2) is 47.3 Å². The Kier molecular flexibility index (Phi) is 6.73. The van der Waals surface area contributed by atoms with Crippen LogP contribution < -0.4 is 4.48 Å². The summed E-state index contributed by atoms with van der Waals surface area (Å²) < 4.78 is 2.06. The Labute approximate surface area is 243 Å². The predicted octanol–water partition coefficient (Wildman–Crippen LogP) is 6.64. The Bertz CT molecular complexity index is 1590. The number of benzene rings is 2. The monoisotopic (exact) mass is 549 g/mol. The van der Waals surface area contributed by atoms with Gasteiger partial charge in [-0.25, -0.2) is 9.28 Å². The summed E-state index contributed by atoms with van der Waals surface area (Å²) in [5.41, 5.74) is 8.95. The number of quaternary nitrogens is 1. The molecule has 1 aliphatic heterocycles. The van der Waals surface area contributed by atoms with Crippen LogP contribution in [0.5, 0.6) is 0 Å². The van der Waals surface area contributed by atoms with Gasteiger partial charge in [-0.3, -0.25) is 14.5 Å². The molecule has 0 N–H and O–H groups in total. The van der Waals surface area contributed by atoms with E-state index >= 15 is 0 Å². The summed E-state index contributed by atoms with van der Waals surface area (Å²) in [6.07, 6.45) is 4.63. The van der Waals surface area contributed by atoms with E-state index in [0.29, 0.717) is 29.6 Å². The molecule has 1 saturated carbocycles. The zero-order chi connectivity index (χ0) is 29.1. The first kappa shape index (κ1) is 27.5. The molecule has 0 radical (unpaired) electrons. The van der Waals surface area contributed by atoms with Crippen LogP contribution in [0, 0.1) is 11.3 Å². The molecule has 6 rings (SSSR count). The molecule has 1 spiro atoms. The first-order valence-corrected chi connectivity index (χ1v) is 14.9. The molecular weight excluding hydrogens is 508 g/mol. The van der Waals surface area contributed by atoms with Crippen LogP contribution in [0.4, 0.5) is 5.69 Å². The summed E-state index contributed by atoms with van der Waals surface area (Å²) in [5.74, 6) is 0.261. The van der Waals surface area contributed by atoms with E-state index in [9.17, 15) is 9.59 Å². The van der Waals surface area contributed by atoms with E-state index in [2.05, 4.69) is 79.5 Å². The number of likely N-dealkylation sites (tertiary alicyclic amines) is 1. The number of nitrogens with zero attached hydrogens (tertiary/aromatic N) is 4. The fourth-order valence-corrected chi connectivity index (χ4v) is 8.30. The fraction of sp³-hybridized carbons (Fsp3) is 0.429. The van der Waals surface area contributed by atoms with Crippen LogP contribution in [0.1, 0.15) is 80.1 Å². The minimum absolute atomic E-state index is 0.0659. The van der Waals surface area contributed by atoms with E-state index < -0.39 is 0 Å². The number of carbonyl (C=O) groups is 2. The van der Waals surface area contributed by atoms with E-state index in [1.54, 1.807) is 16.9 Å². The maximum atomic E-state index is 14.8. The Hall–Kier alpha value is -3.64. The topological polar surface area (TPSA) is 64.3 Å². The van der Waals surface area contributed by atoms with Crippen LogP contribution >= 0.6 is 0 Å². The van der Waals surface area contributed by atoms with E-state index in [1.807, 2.05) is 20.9 Å². The van der Waals surface area contributed by atoms with Gasteiger partial charge in [0.25, 0.3) is 0 Å². The second-order valence-corrected chi connectivity index (χ2v) is 12.6. The second-order valence-electron chi connectivity index (χ2n) is 12.6. The molecular formula is C35H41N4O2+. The second kappa shape index (κ2) is 10.0. The number of Topliss-reactive ketones (excluding diaryl/α,β-unsaturated/α-hetero) is 1. The summed E-state index contributed by atoms with van der Waals surface area (Å²) in [7, 11) is 3.95. The van der Waals surface area contributed by atoms with Gasteiger partial charge < -0.3 is 0 Å². The van der Waals surface area contributed by atoms with Crippen molar-refractivity contribution < 1.29 is 9.59 Å². The highest BCUT2D eigenvalue weighted by molar-refractivity contribution is 6.23. The molecule has 1 saturated heterocycles. The number of amides is 1. The van der Waals surface area contributed by atoms with Gasteiger partial charge in [0.05, 0.1) is 13.0 Å². The predicted molar refractivity (Wildman–Crippen MR) is 165 cm³/mol. The van der Waals surface area contributed by atoms with Crippen molar-refractivity contribution in [2.45, 2.75) is 71.9 Å². The standard InChI is InChI=1S/C35H41N4O2/c1-7-38-29(18-19-37-38)30(40)17-16-28-33-27-11-9-8-10-25(27)20-35(33)21-31(35)39(6,34(28)41)26-14-12-24(13-15-26)32(22(2)3)23(4)36-5/h8-15,18-19,28,31,33H,7,16-17,20-21H2,1-6H3/q+1/t28-,31?,33?,35?,39?/m0/s1. The van der Waals surface area contributed by atoms with Gasteiger partial charge in [0.2, 0.25) is 0 Å². The molecule has 3 aliphatic rings. The quantitative estimate of drug-likeness (QED) is 0.180. The number of carbonyl (C=O) groups excluding carboxylic acids is 2. The Morgan fingerprint density at radius 3 is 2.51 bits per heavy atom. The van der Waals surface area contributed by atoms with E-state index in [0.717, 1.165) is 35.4 Å². The number of hydrogen-bond acceptors (Lipinski definition) is 4. The molecule has 0 bridgehead atoms. The smallest absolute Gasteiger partial charge is 0.293 e. The summed E-state index contributed by atoms with van der Waals surface area (Å²) in [5, 5.41) is 4.29. The third kappa shape index (κ3) is 4.10. The Morgan fingerprint density at radius 2 is 1.83 bits per heavy atom. The summed E-state index contributed by atoms with van der Waals surface area (Å²) in [4.78, 5) is 32.5. The summed E-state index contributed by atoms with van der Waals surface area (Å²) >= 11 is 0. The first-order chi connectivity index (χ1) is 19.7.